The molecule has 0 aliphatic carbocycles. The Labute approximate surface area is 90.6 Å². The van der Waals surface area contributed by atoms with Gasteiger partial charge in [-0.15, -0.1) is 0 Å². The summed E-state index contributed by atoms with van der Waals surface area (Å²) in [6.45, 7) is 4.15. The molecule has 0 saturated carbocycles. The zero-order valence-corrected chi connectivity index (χ0v) is 9.12. The topological polar surface area (TPSA) is 26.0 Å². The summed E-state index contributed by atoms with van der Waals surface area (Å²) in [7, 11) is 0. The van der Waals surface area contributed by atoms with Gasteiger partial charge < -0.3 is 5.73 Å². The molecule has 0 aliphatic rings. The van der Waals surface area contributed by atoms with Gasteiger partial charge in [0.2, 0.25) is 0 Å². The van der Waals surface area contributed by atoms with Crippen molar-refractivity contribution in [3.05, 3.63) is 53.6 Å². The number of rotatable bonds is 1. The summed E-state index contributed by atoms with van der Waals surface area (Å²) in [6, 6.07) is 14.6. The molecule has 0 atom stereocenters. The van der Waals surface area contributed by atoms with Crippen molar-refractivity contribution in [2.24, 2.45) is 0 Å². The summed E-state index contributed by atoms with van der Waals surface area (Å²) < 4.78 is 0. The van der Waals surface area contributed by atoms with Crippen LogP contribution in [0, 0.1) is 13.8 Å². The summed E-state index contributed by atoms with van der Waals surface area (Å²) in [5.41, 5.74) is 11.6. The van der Waals surface area contributed by atoms with Crippen LogP contribution in [0.1, 0.15) is 11.1 Å². The van der Waals surface area contributed by atoms with Gasteiger partial charge in [-0.25, -0.2) is 0 Å². The normalized spacial score (nSPS) is 10.3. The molecular weight excluding hydrogens is 182 g/mol. The van der Waals surface area contributed by atoms with Crippen LogP contribution in [-0.4, -0.2) is 0 Å². The molecule has 2 rings (SSSR count). The summed E-state index contributed by atoms with van der Waals surface area (Å²) in [5.74, 6) is 0. The first-order valence-corrected chi connectivity index (χ1v) is 5.10. The summed E-state index contributed by atoms with van der Waals surface area (Å²) in [5, 5.41) is 0. The lowest BCUT2D eigenvalue weighted by Gasteiger charge is -2.08. The van der Waals surface area contributed by atoms with Crippen LogP contribution in [0.5, 0.6) is 0 Å². The highest BCUT2D eigenvalue weighted by Gasteiger charge is 2.02. The Morgan fingerprint density at radius 2 is 1.53 bits per heavy atom. The van der Waals surface area contributed by atoms with Crippen LogP contribution in [0.25, 0.3) is 11.1 Å². The van der Waals surface area contributed by atoms with Crippen molar-refractivity contribution in [2.75, 3.05) is 5.73 Å². The molecule has 0 bridgehead atoms. The summed E-state index contributed by atoms with van der Waals surface area (Å²) in [4.78, 5) is 0. The Morgan fingerprint density at radius 1 is 0.867 bits per heavy atom. The van der Waals surface area contributed by atoms with Crippen molar-refractivity contribution in [2.45, 2.75) is 13.8 Å². The molecule has 76 valence electrons. The number of benzene rings is 2. The molecule has 0 saturated heterocycles. The molecular formula is C14H15N. The Balaban J connectivity index is 2.54. The Bertz CT molecular complexity index is 469. The SMILES string of the molecule is Cc1ccc(-c2cccc(N)c2C)cc1. The molecule has 0 unspecified atom stereocenters. The van der Waals surface area contributed by atoms with Gasteiger partial charge in [0, 0.05) is 5.69 Å². The van der Waals surface area contributed by atoms with E-state index < -0.39 is 0 Å². The monoisotopic (exact) mass is 197 g/mol. The minimum Gasteiger partial charge on any atom is -0.398 e. The lowest BCUT2D eigenvalue weighted by atomic mass is 9.99. The van der Waals surface area contributed by atoms with Crippen LogP contribution in [0.15, 0.2) is 42.5 Å². The molecule has 0 aliphatic heterocycles. The van der Waals surface area contributed by atoms with Crippen molar-refractivity contribution in [3.8, 4) is 11.1 Å². The van der Waals surface area contributed by atoms with Gasteiger partial charge in [0.05, 0.1) is 0 Å². The molecule has 15 heavy (non-hydrogen) atoms. The van der Waals surface area contributed by atoms with Crippen molar-refractivity contribution in [1.29, 1.82) is 0 Å². The average Bonchev–Trinajstić information content (AvgIpc) is 2.24. The smallest absolute Gasteiger partial charge is 0.0349 e. The van der Waals surface area contributed by atoms with Gasteiger partial charge in [-0.3, -0.25) is 0 Å². The zero-order valence-electron chi connectivity index (χ0n) is 9.12. The van der Waals surface area contributed by atoms with Gasteiger partial charge in [0.15, 0.2) is 0 Å². The number of nitrogen functional groups attached to an aromatic ring is 1. The van der Waals surface area contributed by atoms with Crippen LogP contribution >= 0.6 is 0 Å². The highest BCUT2D eigenvalue weighted by Crippen LogP contribution is 2.26. The molecule has 2 aromatic carbocycles. The number of hydrogen-bond donors (Lipinski definition) is 1. The van der Waals surface area contributed by atoms with Crippen molar-refractivity contribution in [1.82, 2.24) is 0 Å². The largest absolute Gasteiger partial charge is 0.398 e. The van der Waals surface area contributed by atoms with Gasteiger partial charge >= 0.3 is 0 Å². The molecule has 2 N–H and O–H groups in total. The third-order valence-corrected chi connectivity index (χ3v) is 2.74. The molecule has 0 fully saturated rings. The van der Waals surface area contributed by atoms with E-state index in [0.29, 0.717) is 0 Å². The number of aryl methyl sites for hydroxylation is 1. The second-order valence-corrected chi connectivity index (χ2v) is 3.89. The fraction of sp³-hybridized carbons (Fsp3) is 0.143. The number of nitrogens with two attached hydrogens (primary N) is 1. The predicted molar refractivity (Wildman–Crippen MR) is 65.8 cm³/mol. The zero-order chi connectivity index (χ0) is 10.8. The summed E-state index contributed by atoms with van der Waals surface area (Å²) in [6.07, 6.45) is 0. The highest BCUT2D eigenvalue weighted by molar-refractivity contribution is 5.72. The number of hydrogen-bond acceptors (Lipinski definition) is 1. The molecule has 2 aromatic rings. The van der Waals surface area contributed by atoms with Gasteiger partial charge in [-0.1, -0.05) is 42.0 Å². The molecule has 0 radical (unpaired) electrons. The molecule has 0 aromatic heterocycles. The fourth-order valence-electron chi connectivity index (χ4n) is 1.70. The quantitative estimate of drug-likeness (QED) is 0.695. The van der Waals surface area contributed by atoms with Crippen molar-refractivity contribution < 1.29 is 0 Å². The van der Waals surface area contributed by atoms with E-state index in [9.17, 15) is 0 Å². The predicted octanol–water partition coefficient (Wildman–Crippen LogP) is 3.55. The van der Waals surface area contributed by atoms with Crippen LogP contribution in [-0.2, 0) is 0 Å². The van der Waals surface area contributed by atoms with Crippen LogP contribution < -0.4 is 5.73 Å². The van der Waals surface area contributed by atoms with E-state index in [1.165, 1.54) is 16.7 Å². The Morgan fingerprint density at radius 3 is 2.20 bits per heavy atom. The highest BCUT2D eigenvalue weighted by atomic mass is 14.6. The van der Waals surface area contributed by atoms with E-state index >= 15 is 0 Å². The van der Waals surface area contributed by atoms with Crippen molar-refractivity contribution in [3.63, 3.8) is 0 Å². The van der Waals surface area contributed by atoms with E-state index in [1.54, 1.807) is 0 Å². The Hall–Kier alpha value is -1.76. The molecule has 1 heteroatoms. The van der Waals surface area contributed by atoms with Crippen LogP contribution in [0.2, 0.25) is 0 Å². The van der Waals surface area contributed by atoms with E-state index in [-0.39, 0.29) is 0 Å². The average molecular weight is 197 g/mol. The van der Waals surface area contributed by atoms with Crippen LogP contribution in [0.3, 0.4) is 0 Å². The molecule has 1 nitrogen and oxygen atoms in total. The first-order chi connectivity index (χ1) is 7.18. The van der Waals surface area contributed by atoms with Crippen molar-refractivity contribution >= 4 is 5.69 Å². The van der Waals surface area contributed by atoms with E-state index in [1.807, 2.05) is 12.1 Å². The first-order valence-electron chi connectivity index (χ1n) is 5.10. The maximum absolute atomic E-state index is 5.89. The lowest BCUT2D eigenvalue weighted by molar-refractivity contribution is 1.43. The Kier molecular flexibility index (Phi) is 2.46. The van der Waals surface area contributed by atoms with Gasteiger partial charge in [0.25, 0.3) is 0 Å². The van der Waals surface area contributed by atoms with Crippen LogP contribution in [0.4, 0.5) is 5.69 Å². The molecule has 0 heterocycles. The second-order valence-electron chi connectivity index (χ2n) is 3.89. The van der Waals surface area contributed by atoms with E-state index in [0.717, 1.165) is 11.3 Å². The standard InChI is InChI=1S/C14H15N/c1-10-6-8-12(9-7-10)13-4-3-5-14(15)11(13)2/h3-9H,15H2,1-2H3. The fourth-order valence-corrected chi connectivity index (χ4v) is 1.70. The third-order valence-electron chi connectivity index (χ3n) is 2.74. The van der Waals surface area contributed by atoms with Gasteiger partial charge in [0.1, 0.15) is 0 Å². The summed E-state index contributed by atoms with van der Waals surface area (Å²) >= 11 is 0. The van der Waals surface area contributed by atoms with E-state index in [4.69, 9.17) is 5.73 Å². The third kappa shape index (κ3) is 1.86. The second kappa shape index (κ2) is 3.77. The lowest BCUT2D eigenvalue weighted by Crippen LogP contribution is -1.91. The minimum absolute atomic E-state index is 0.855. The first kappa shape index (κ1) is 9.78. The maximum Gasteiger partial charge on any atom is 0.0349 e. The van der Waals surface area contributed by atoms with Gasteiger partial charge in [-0.05, 0) is 36.6 Å². The minimum atomic E-state index is 0.855. The van der Waals surface area contributed by atoms with E-state index in [2.05, 4.69) is 44.2 Å². The number of anilines is 1. The molecule has 0 amide bonds. The van der Waals surface area contributed by atoms with Gasteiger partial charge in [-0.2, -0.15) is 0 Å². The molecule has 0 spiro atoms. The maximum atomic E-state index is 5.89.